The van der Waals surface area contributed by atoms with E-state index in [1.807, 2.05) is 42.5 Å². The lowest BCUT2D eigenvalue weighted by Crippen LogP contribution is -2.27. The Labute approximate surface area is 199 Å². The van der Waals surface area contributed by atoms with Crippen LogP contribution in [0.2, 0.25) is 0 Å². The number of para-hydroxylation sites is 1. The molecule has 3 aromatic carbocycles. The van der Waals surface area contributed by atoms with E-state index in [2.05, 4.69) is 16.0 Å². The third kappa shape index (κ3) is 8.48. The van der Waals surface area contributed by atoms with Crippen LogP contribution < -0.4 is 25.4 Å². The van der Waals surface area contributed by atoms with Gasteiger partial charge in [-0.05, 0) is 42.5 Å². The van der Waals surface area contributed by atoms with Crippen molar-refractivity contribution in [3.8, 4) is 11.5 Å². The molecule has 0 fully saturated rings. The monoisotopic (exact) mass is 463 g/mol. The van der Waals surface area contributed by atoms with Crippen LogP contribution in [0.5, 0.6) is 11.5 Å². The van der Waals surface area contributed by atoms with Crippen LogP contribution in [0, 0.1) is 0 Å². The molecule has 8 heteroatoms. The van der Waals surface area contributed by atoms with Crippen molar-refractivity contribution in [2.75, 3.05) is 50.7 Å². The van der Waals surface area contributed by atoms with Crippen molar-refractivity contribution in [2.24, 2.45) is 0 Å². The molecule has 0 aliphatic rings. The highest BCUT2D eigenvalue weighted by Crippen LogP contribution is 2.18. The predicted octanol–water partition coefficient (Wildman–Crippen LogP) is 3.57. The number of benzene rings is 3. The van der Waals surface area contributed by atoms with Gasteiger partial charge >= 0.3 is 0 Å². The molecule has 0 radical (unpaired) electrons. The zero-order valence-corrected chi connectivity index (χ0v) is 19.1. The smallest absolute Gasteiger partial charge is 0.251 e. The lowest BCUT2D eigenvalue weighted by atomic mass is 10.2. The normalized spacial score (nSPS) is 10.3. The molecule has 3 N–H and O–H groups in total. The maximum Gasteiger partial charge on any atom is 0.251 e. The second kappa shape index (κ2) is 13.5. The Bertz CT molecular complexity index is 1060. The van der Waals surface area contributed by atoms with E-state index in [9.17, 15) is 9.59 Å². The van der Waals surface area contributed by atoms with Gasteiger partial charge in [0.15, 0.2) is 0 Å². The van der Waals surface area contributed by atoms with Crippen molar-refractivity contribution in [3.63, 3.8) is 0 Å². The predicted molar refractivity (Wildman–Crippen MR) is 132 cm³/mol. The topological polar surface area (TPSA) is 97.9 Å². The molecular weight excluding hydrogens is 434 g/mol. The number of hydrogen-bond acceptors (Lipinski definition) is 6. The molecule has 0 heterocycles. The van der Waals surface area contributed by atoms with E-state index in [-0.39, 0.29) is 18.4 Å². The molecule has 0 aliphatic heterocycles. The van der Waals surface area contributed by atoms with E-state index >= 15 is 0 Å². The van der Waals surface area contributed by atoms with E-state index in [1.54, 1.807) is 43.5 Å². The minimum atomic E-state index is -0.223. The number of nitrogens with one attached hydrogen (secondary N) is 3. The summed E-state index contributed by atoms with van der Waals surface area (Å²) < 4.78 is 16.3. The van der Waals surface area contributed by atoms with Gasteiger partial charge in [0.05, 0.1) is 13.2 Å². The Kier molecular flexibility index (Phi) is 9.76. The lowest BCUT2D eigenvalue weighted by molar-refractivity contribution is -0.114. The standard InChI is InChI=1S/C26H29N3O5/c1-32-14-13-27-26(31)20-7-5-8-21(17-20)28-19-25(30)29-22-9-6-12-24(18-22)34-16-15-33-23-10-3-2-4-11-23/h2-12,17-18,28H,13-16,19H2,1H3,(H,27,31)(H,29,30). The summed E-state index contributed by atoms with van der Waals surface area (Å²) in [6.45, 7) is 1.71. The lowest BCUT2D eigenvalue weighted by Gasteiger charge is -2.11. The van der Waals surface area contributed by atoms with Crippen LogP contribution in [0.25, 0.3) is 0 Å². The van der Waals surface area contributed by atoms with Gasteiger partial charge in [0, 0.05) is 36.7 Å². The fourth-order valence-electron chi connectivity index (χ4n) is 3.03. The Hall–Kier alpha value is -4.04. The van der Waals surface area contributed by atoms with Crippen LogP contribution in [-0.2, 0) is 9.53 Å². The molecule has 34 heavy (non-hydrogen) atoms. The number of carbonyl (C=O) groups is 2. The molecular formula is C26H29N3O5. The van der Waals surface area contributed by atoms with Gasteiger partial charge in [0.25, 0.3) is 5.91 Å². The van der Waals surface area contributed by atoms with Crippen LogP contribution in [0.3, 0.4) is 0 Å². The van der Waals surface area contributed by atoms with Gasteiger partial charge in [-0.1, -0.05) is 30.3 Å². The molecule has 0 unspecified atom stereocenters. The van der Waals surface area contributed by atoms with Gasteiger partial charge in [0.1, 0.15) is 24.7 Å². The summed E-state index contributed by atoms with van der Waals surface area (Å²) in [4.78, 5) is 24.5. The first-order chi connectivity index (χ1) is 16.6. The zero-order chi connectivity index (χ0) is 24.0. The van der Waals surface area contributed by atoms with E-state index in [0.29, 0.717) is 49.1 Å². The maximum absolute atomic E-state index is 12.4. The summed E-state index contributed by atoms with van der Waals surface area (Å²) in [5, 5.41) is 8.64. The molecule has 0 aromatic heterocycles. The summed E-state index contributed by atoms with van der Waals surface area (Å²) in [5.41, 5.74) is 1.80. The zero-order valence-electron chi connectivity index (χ0n) is 19.1. The van der Waals surface area contributed by atoms with Crippen molar-refractivity contribution in [2.45, 2.75) is 0 Å². The van der Waals surface area contributed by atoms with Gasteiger partial charge in [-0.2, -0.15) is 0 Å². The van der Waals surface area contributed by atoms with Gasteiger partial charge in [-0.15, -0.1) is 0 Å². The number of ether oxygens (including phenoxy) is 3. The van der Waals surface area contributed by atoms with E-state index < -0.39 is 0 Å². The molecule has 2 amide bonds. The Balaban J connectivity index is 1.42. The average molecular weight is 464 g/mol. The highest BCUT2D eigenvalue weighted by molar-refractivity contribution is 5.96. The first kappa shape index (κ1) is 24.6. The van der Waals surface area contributed by atoms with Crippen LogP contribution in [0.1, 0.15) is 10.4 Å². The molecule has 178 valence electrons. The molecule has 3 rings (SSSR count). The second-order valence-electron chi connectivity index (χ2n) is 7.27. The SMILES string of the molecule is COCCNC(=O)c1cccc(NCC(=O)Nc2cccc(OCCOc3ccccc3)c2)c1. The van der Waals surface area contributed by atoms with Crippen LogP contribution >= 0.6 is 0 Å². The van der Waals surface area contributed by atoms with E-state index in [0.717, 1.165) is 5.75 Å². The number of carbonyl (C=O) groups excluding carboxylic acids is 2. The summed E-state index contributed by atoms with van der Waals surface area (Å²) in [7, 11) is 1.58. The third-order valence-corrected chi connectivity index (χ3v) is 4.65. The third-order valence-electron chi connectivity index (χ3n) is 4.65. The van der Waals surface area contributed by atoms with Gasteiger partial charge < -0.3 is 30.2 Å². The Morgan fingerprint density at radius 3 is 2.26 bits per heavy atom. The molecule has 0 atom stereocenters. The molecule has 0 aliphatic carbocycles. The van der Waals surface area contributed by atoms with Crippen LogP contribution in [0.15, 0.2) is 78.9 Å². The molecule has 0 bridgehead atoms. The first-order valence-electron chi connectivity index (χ1n) is 11.0. The van der Waals surface area contributed by atoms with Crippen molar-refractivity contribution in [3.05, 3.63) is 84.4 Å². The summed E-state index contributed by atoms with van der Waals surface area (Å²) >= 11 is 0. The second-order valence-corrected chi connectivity index (χ2v) is 7.27. The van der Waals surface area contributed by atoms with Crippen molar-refractivity contribution in [1.82, 2.24) is 5.32 Å². The summed E-state index contributed by atoms with van der Waals surface area (Å²) in [6.07, 6.45) is 0. The highest BCUT2D eigenvalue weighted by atomic mass is 16.5. The quantitative estimate of drug-likeness (QED) is 0.335. The molecule has 0 spiro atoms. The van der Waals surface area contributed by atoms with Crippen molar-refractivity contribution in [1.29, 1.82) is 0 Å². The van der Waals surface area contributed by atoms with Gasteiger partial charge in [0.2, 0.25) is 5.91 Å². The summed E-state index contributed by atoms with van der Waals surface area (Å²) in [6, 6.07) is 23.7. The fourth-order valence-corrected chi connectivity index (χ4v) is 3.03. The maximum atomic E-state index is 12.4. The molecule has 0 saturated carbocycles. The number of methoxy groups -OCH3 is 1. The molecule has 0 saturated heterocycles. The first-order valence-corrected chi connectivity index (χ1v) is 11.0. The number of hydrogen-bond donors (Lipinski definition) is 3. The van der Waals surface area contributed by atoms with Crippen molar-refractivity contribution < 1.29 is 23.8 Å². The van der Waals surface area contributed by atoms with E-state index in [4.69, 9.17) is 14.2 Å². The minimum absolute atomic E-state index is 0.0464. The molecule has 8 nitrogen and oxygen atoms in total. The summed E-state index contributed by atoms with van der Waals surface area (Å²) in [5.74, 6) is 1.00. The van der Waals surface area contributed by atoms with E-state index in [1.165, 1.54) is 0 Å². The van der Waals surface area contributed by atoms with Gasteiger partial charge in [-0.3, -0.25) is 9.59 Å². The van der Waals surface area contributed by atoms with Gasteiger partial charge in [-0.25, -0.2) is 0 Å². The number of amides is 2. The van der Waals surface area contributed by atoms with Crippen LogP contribution in [-0.4, -0.2) is 51.8 Å². The molecule has 3 aromatic rings. The highest BCUT2D eigenvalue weighted by Gasteiger charge is 2.07. The minimum Gasteiger partial charge on any atom is -0.490 e. The largest absolute Gasteiger partial charge is 0.490 e. The fraction of sp³-hybridized carbons (Fsp3) is 0.231. The number of anilines is 2. The average Bonchev–Trinajstić information content (AvgIpc) is 2.86. The van der Waals surface area contributed by atoms with Crippen molar-refractivity contribution >= 4 is 23.2 Å². The number of rotatable bonds is 13. The Morgan fingerprint density at radius 1 is 0.765 bits per heavy atom. The van der Waals surface area contributed by atoms with Crippen LogP contribution in [0.4, 0.5) is 11.4 Å². The Morgan fingerprint density at radius 2 is 1.47 bits per heavy atom.